The molecule has 0 radical (unpaired) electrons. The molecular weight excluding hydrogens is 318 g/mol. The highest BCUT2D eigenvalue weighted by Crippen LogP contribution is 2.21. The van der Waals surface area contributed by atoms with Gasteiger partial charge in [0, 0.05) is 51.0 Å². The topological polar surface area (TPSA) is 58.8 Å². The van der Waals surface area contributed by atoms with Crippen molar-refractivity contribution in [1.82, 2.24) is 15.0 Å². The van der Waals surface area contributed by atoms with Gasteiger partial charge in [-0.05, 0) is 12.8 Å². The molecule has 1 aromatic heterocycles. The molecule has 3 heterocycles. The molecule has 2 aliphatic rings. The van der Waals surface area contributed by atoms with Crippen molar-refractivity contribution in [3.8, 4) is 11.3 Å². The van der Waals surface area contributed by atoms with Crippen LogP contribution in [-0.2, 0) is 4.74 Å². The fraction of sp³-hybridized carbons (Fsp3) is 0.474. The average molecular weight is 341 g/mol. The Kier molecular flexibility index (Phi) is 4.81. The van der Waals surface area contributed by atoms with Gasteiger partial charge in [0.1, 0.15) is 0 Å². The van der Waals surface area contributed by atoms with E-state index in [-0.39, 0.29) is 5.91 Å². The summed E-state index contributed by atoms with van der Waals surface area (Å²) in [7, 11) is 0. The number of hydrogen-bond donors (Lipinski definition) is 0. The standard InChI is InChI=1S/C19H23N3O3/c23-19(17-13-18(25-20-17)15-5-2-1-3-6-15)22-10-8-21(9-11-22)14-16-7-4-12-24-16/h1-3,5-6,13,16H,4,7-12,14H2. The summed E-state index contributed by atoms with van der Waals surface area (Å²) in [6, 6.07) is 11.4. The zero-order chi connectivity index (χ0) is 17.1. The van der Waals surface area contributed by atoms with Crippen LogP contribution >= 0.6 is 0 Å². The molecule has 132 valence electrons. The van der Waals surface area contributed by atoms with Gasteiger partial charge in [0.2, 0.25) is 0 Å². The molecule has 4 rings (SSSR count). The molecule has 0 N–H and O–H groups in total. The normalized spacial score (nSPS) is 21.6. The lowest BCUT2D eigenvalue weighted by Gasteiger charge is -2.35. The van der Waals surface area contributed by atoms with Gasteiger partial charge in [-0.3, -0.25) is 9.69 Å². The third kappa shape index (κ3) is 3.75. The second-order valence-corrected chi connectivity index (χ2v) is 6.67. The summed E-state index contributed by atoms with van der Waals surface area (Å²) < 4.78 is 11.0. The molecular formula is C19H23N3O3. The van der Waals surface area contributed by atoms with Crippen molar-refractivity contribution in [2.45, 2.75) is 18.9 Å². The molecule has 6 heteroatoms. The first-order valence-electron chi connectivity index (χ1n) is 8.95. The maximum absolute atomic E-state index is 12.7. The van der Waals surface area contributed by atoms with E-state index in [9.17, 15) is 4.79 Å². The number of ether oxygens (including phenoxy) is 1. The van der Waals surface area contributed by atoms with Crippen LogP contribution in [0.4, 0.5) is 0 Å². The molecule has 6 nitrogen and oxygen atoms in total. The van der Waals surface area contributed by atoms with E-state index >= 15 is 0 Å². The van der Waals surface area contributed by atoms with Crippen molar-refractivity contribution in [3.63, 3.8) is 0 Å². The van der Waals surface area contributed by atoms with E-state index in [2.05, 4.69) is 10.1 Å². The highest BCUT2D eigenvalue weighted by atomic mass is 16.5. The van der Waals surface area contributed by atoms with E-state index in [1.165, 1.54) is 6.42 Å². The van der Waals surface area contributed by atoms with Crippen LogP contribution in [0.5, 0.6) is 0 Å². The summed E-state index contributed by atoms with van der Waals surface area (Å²) in [6.45, 7) is 5.07. The number of benzene rings is 1. The Hall–Kier alpha value is -2.18. The first kappa shape index (κ1) is 16.3. The summed E-state index contributed by atoms with van der Waals surface area (Å²) in [6.07, 6.45) is 2.69. The zero-order valence-electron chi connectivity index (χ0n) is 14.3. The smallest absolute Gasteiger partial charge is 0.276 e. The Balaban J connectivity index is 1.34. The van der Waals surface area contributed by atoms with Gasteiger partial charge in [0.15, 0.2) is 11.5 Å². The Labute approximate surface area is 147 Å². The van der Waals surface area contributed by atoms with E-state index in [1.807, 2.05) is 35.2 Å². The van der Waals surface area contributed by atoms with E-state index < -0.39 is 0 Å². The summed E-state index contributed by atoms with van der Waals surface area (Å²) in [5.41, 5.74) is 1.31. The van der Waals surface area contributed by atoms with Gasteiger partial charge in [-0.1, -0.05) is 35.5 Å². The van der Waals surface area contributed by atoms with Crippen LogP contribution in [0.3, 0.4) is 0 Å². The summed E-state index contributed by atoms with van der Waals surface area (Å²) in [4.78, 5) is 16.9. The first-order chi connectivity index (χ1) is 12.3. The zero-order valence-corrected chi connectivity index (χ0v) is 14.3. The number of carbonyl (C=O) groups is 1. The first-order valence-corrected chi connectivity index (χ1v) is 8.95. The molecule has 1 aromatic carbocycles. The second kappa shape index (κ2) is 7.37. The van der Waals surface area contributed by atoms with Crippen LogP contribution in [0.25, 0.3) is 11.3 Å². The minimum absolute atomic E-state index is 0.0531. The van der Waals surface area contributed by atoms with Gasteiger partial charge in [0.05, 0.1) is 6.10 Å². The van der Waals surface area contributed by atoms with Crippen molar-refractivity contribution in [3.05, 3.63) is 42.1 Å². The second-order valence-electron chi connectivity index (χ2n) is 6.67. The van der Waals surface area contributed by atoms with E-state index in [0.717, 1.165) is 51.3 Å². The number of piperazine rings is 1. The predicted octanol–water partition coefficient (Wildman–Crippen LogP) is 2.28. The fourth-order valence-corrected chi connectivity index (χ4v) is 3.49. The van der Waals surface area contributed by atoms with Crippen LogP contribution in [0.2, 0.25) is 0 Å². The highest BCUT2D eigenvalue weighted by Gasteiger charge is 2.27. The molecule has 1 amide bonds. The molecule has 25 heavy (non-hydrogen) atoms. The van der Waals surface area contributed by atoms with Crippen molar-refractivity contribution in [2.75, 3.05) is 39.3 Å². The minimum atomic E-state index is -0.0531. The Morgan fingerprint density at radius 2 is 1.96 bits per heavy atom. The fourth-order valence-electron chi connectivity index (χ4n) is 3.49. The number of rotatable bonds is 4. The quantitative estimate of drug-likeness (QED) is 0.854. The average Bonchev–Trinajstić information content (AvgIpc) is 3.34. The van der Waals surface area contributed by atoms with Crippen molar-refractivity contribution < 1.29 is 14.1 Å². The third-order valence-corrected chi connectivity index (χ3v) is 4.93. The van der Waals surface area contributed by atoms with Gasteiger partial charge in [-0.15, -0.1) is 0 Å². The molecule has 0 spiro atoms. The van der Waals surface area contributed by atoms with Crippen LogP contribution < -0.4 is 0 Å². The van der Waals surface area contributed by atoms with E-state index in [1.54, 1.807) is 6.07 Å². The van der Waals surface area contributed by atoms with Gasteiger partial charge in [-0.2, -0.15) is 0 Å². The predicted molar refractivity (Wildman–Crippen MR) is 93.3 cm³/mol. The van der Waals surface area contributed by atoms with Crippen LogP contribution in [0.1, 0.15) is 23.3 Å². The monoisotopic (exact) mass is 341 g/mol. The van der Waals surface area contributed by atoms with Crippen LogP contribution in [0.15, 0.2) is 40.9 Å². The molecule has 0 saturated carbocycles. The minimum Gasteiger partial charge on any atom is -0.377 e. The number of amides is 1. The maximum Gasteiger partial charge on any atom is 0.276 e. The molecule has 0 bridgehead atoms. The molecule has 2 aromatic rings. The number of carbonyl (C=O) groups excluding carboxylic acids is 1. The molecule has 1 unspecified atom stereocenters. The molecule has 1 atom stereocenters. The number of aromatic nitrogens is 1. The molecule has 0 aliphatic carbocycles. The van der Waals surface area contributed by atoms with E-state index in [0.29, 0.717) is 17.6 Å². The van der Waals surface area contributed by atoms with Gasteiger partial charge < -0.3 is 14.2 Å². The lowest BCUT2D eigenvalue weighted by molar-refractivity contribution is 0.0428. The van der Waals surface area contributed by atoms with Crippen molar-refractivity contribution in [2.24, 2.45) is 0 Å². The molecule has 2 aliphatic heterocycles. The Morgan fingerprint density at radius 3 is 2.68 bits per heavy atom. The number of nitrogens with zero attached hydrogens (tertiary/aromatic N) is 3. The lowest BCUT2D eigenvalue weighted by atomic mass is 10.1. The summed E-state index contributed by atoms with van der Waals surface area (Å²) in [5.74, 6) is 0.573. The maximum atomic E-state index is 12.7. The molecule has 2 saturated heterocycles. The van der Waals surface area contributed by atoms with Gasteiger partial charge >= 0.3 is 0 Å². The largest absolute Gasteiger partial charge is 0.377 e. The van der Waals surface area contributed by atoms with Gasteiger partial charge in [-0.25, -0.2) is 0 Å². The van der Waals surface area contributed by atoms with Crippen LogP contribution in [-0.4, -0.2) is 66.3 Å². The van der Waals surface area contributed by atoms with Crippen molar-refractivity contribution in [1.29, 1.82) is 0 Å². The molecule has 2 fully saturated rings. The van der Waals surface area contributed by atoms with Gasteiger partial charge in [0.25, 0.3) is 5.91 Å². The number of hydrogen-bond acceptors (Lipinski definition) is 5. The highest BCUT2D eigenvalue weighted by molar-refractivity contribution is 5.93. The third-order valence-electron chi connectivity index (χ3n) is 4.93. The Morgan fingerprint density at radius 1 is 1.16 bits per heavy atom. The Bertz CT molecular complexity index is 702. The lowest BCUT2D eigenvalue weighted by Crippen LogP contribution is -2.50. The van der Waals surface area contributed by atoms with Crippen molar-refractivity contribution >= 4 is 5.91 Å². The summed E-state index contributed by atoms with van der Waals surface area (Å²) >= 11 is 0. The van der Waals surface area contributed by atoms with E-state index in [4.69, 9.17) is 9.26 Å². The SMILES string of the molecule is O=C(c1cc(-c2ccccc2)on1)N1CCN(CC2CCCO2)CC1. The summed E-state index contributed by atoms with van der Waals surface area (Å²) in [5, 5.41) is 3.97. The van der Waals surface area contributed by atoms with Crippen LogP contribution in [0, 0.1) is 0 Å².